The summed E-state index contributed by atoms with van der Waals surface area (Å²) in [5, 5.41) is 12.9. The molecule has 18 heavy (non-hydrogen) atoms. The van der Waals surface area contributed by atoms with Gasteiger partial charge < -0.3 is 5.11 Å². The van der Waals surface area contributed by atoms with Gasteiger partial charge in [-0.05, 0) is 24.3 Å². The Morgan fingerprint density at radius 1 is 1.22 bits per heavy atom. The number of alkyl halides is 3. The Labute approximate surface area is 101 Å². The van der Waals surface area contributed by atoms with Crippen molar-refractivity contribution in [1.82, 2.24) is 14.8 Å². The SMILES string of the molecule is Cn1nc(CC(F)(F)F)nc1-c1ccc(O)cc1. The summed E-state index contributed by atoms with van der Waals surface area (Å²) >= 11 is 0. The van der Waals surface area contributed by atoms with E-state index in [1.807, 2.05) is 0 Å². The van der Waals surface area contributed by atoms with Gasteiger partial charge >= 0.3 is 6.18 Å². The van der Waals surface area contributed by atoms with Crippen LogP contribution in [0.3, 0.4) is 0 Å². The lowest BCUT2D eigenvalue weighted by molar-refractivity contribution is -0.128. The van der Waals surface area contributed by atoms with Crippen LogP contribution >= 0.6 is 0 Å². The summed E-state index contributed by atoms with van der Waals surface area (Å²) < 4.78 is 37.9. The Kier molecular flexibility index (Phi) is 2.98. The van der Waals surface area contributed by atoms with Crippen LogP contribution in [0.4, 0.5) is 13.2 Å². The molecule has 1 aromatic carbocycles. The molecule has 0 aliphatic carbocycles. The largest absolute Gasteiger partial charge is 0.508 e. The second-order valence-corrected chi connectivity index (χ2v) is 3.81. The number of nitrogens with zero attached hydrogens (tertiary/aromatic N) is 3. The number of aryl methyl sites for hydroxylation is 1. The molecule has 2 rings (SSSR count). The molecule has 0 radical (unpaired) electrons. The zero-order chi connectivity index (χ0) is 13.3. The van der Waals surface area contributed by atoms with Crippen LogP contribution in [0.15, 0.2) is 24.3 Å². The van der Waals surface area contributed by atoms with Crippen molar-refractivity contribution in [1.29, 1.82) is 0 Å². The molecule has 0 spiro atoms. The number of hydrogen-bond donors (Lipinski definition) is 1. The molecule has 0 fully saturated rings. The maximum absolute atomic E-state index is 12.2. The molecular weight excluding hydrogens is 247 g/mol. The Morgan fingerprint density at radius 3 is 2.39 bits per heavy atom. The highest BCUT2D eigenvalue weighted by Crippen LogP contribution is 2.23. The fraction of sp³-hybridized carbons (Fsp3) is 0.273. The van der Waals surface area contributed by atoms with Crippen molar-refractivity contribution in [2.45, 2.75) is 12.6 Å². The van der Waals surface area contributed by atoms with E-state index >= 15 is 0 Å². The summed E-state index contributed by atoms with van der Waals surface area (Å²) in [5.41, 5.74) is 0.594. The van der Waals surface area contributed by atoms with E-state index in [4.69, 9.17) is 5.11 Å². The summed E-state index contributed by atoms with van der Waals surface area (Å²) in [6.07, 6.45) is -5.48. The third-order valence-corrected chi connectivity index (χ3v) is 2.29. The summed E-state index contributed by atoms with van der Waals surface area (Å²) in [6.45, 7) is 0. The third kappa shape index (κ3) is 2.79. The highest BCUT2D eigenvalue weighted by Gasteiger charge is 2.30. The van der Waals surface area contributed by atoms with Crippen LogP contribution in [0, 0.1) is 0 Å². The van der Waals surface area contributed by atoms with Crippen molar-refractivity contribution >= 4 is 0 Å². The highest BCUT2D eigenvalue weighted by molar-refractivity contribution is 5.56. The lowest BCUT2D eigenvalue weighted by Gasteiger charge is -2.00. The van der Waals surface area contributed by atoms with Crippen LogP contribution < -0.4 is 0 Å². The smallest absolute Gasteiger partial charge is 0.396 e. The summed E-state index contributed by atoms with van der Waals surface area (Å²) in [5.74, 6) is 0.138. The van der Waals surface area contributed by atoms with Gasteiger partial charge in [0, 0.05) is 12.6 Å². The number of aromatic nitrogens is 3. The van der Waals surface area contributed by atoms with E-state index in [2.05, 4.69) is 10.1 Å². The minimum absolute atomic E-state index is 0.0800. The van der Waals surface area contributed by atoms with Gasteiger partial charge in [-0.15, -0.1) is 0 Å². The van der Waals surface area contributed by atoms with Gasteiger partial charge in [0.1, 0.15) is 12.2 Å². The number of halogens is 3. The topological polar surface area (TPSA) is 50.9 Å². The van der Waals surface area contributed by atoms with E-state index in [-0.39, 0.29) is 11.6 Å². The fourth-order valence-electron chi connectivity index (χ4n) is 1.55. The second kappa shape index (κ2) is 4.32. The predicted molar refractivity (Wildman–Crippen MR) is 57.9 cm³/mol. The van der Waals surface area contributed by atoms with E-state index in [1.54, 1.807) is 12.1 Å². The van der Waals surface area contributed by atoms with Gasteiger partial charge in [-0.1, -0.05) is 0 Å². The zero-order valence-electron chi connectivity index (χ0n) is 9.44. The van der Waals surface area contributed by atoms with Crippen molar-refractivity contribution in [3.63, 3.8) is 0 Å². The van der Waals surface area contributed by atoms with Crippen LogP contribution in [0.2, 0.25) is 0 Å². The highest BCUT2D eigenvalue weighted by atomic mass is 19.4. The van der Waals surface area contributed by atoms with Crippen LogP contribution in [-0.4, -0.2) is 26.0 Å². The Bertz CT molecular complexity index is 546. The number of aromatic hydroxyl groups is 1. The van der Waals surface area contributed by atoms with Crippen molar-refractivity contribution < 1.29 is 18.3 Å². The van der Waals surface area contributed by atoms with Crippen molar-refractivity contribution in [3.05, 3.63) is 30.1 Å². The van der Waals surface area contributed by atoms with Crippen LogP contribution in [-0.2, 0) is 13.5 Å². The van der Waals surface area contributed by atoms with Crippen LogP contribution in [0.5, 0.6) is 5.75 Å². The van der Waals surface area contributed by atoms with Gasteiger partial charge in [-0.25, -0.2) is 9.67 Å². The molecule has 7 heteroatoms. The average Bonchev–Trinajstić information content (AvgIpc) is 2.58. The van der Waals surface area contributed by atoms with E-state index in [9.17, 15) is 13.2 Å². The molecule has 1 aromatic heterocycles. The monoisotopic (exact) mass is 257 g/mol. The molecule has 0 atom stereocenters. The molecule has 2 aromatic rings. The van der Waals surface area contributed by atoms with Crippen LogP contribution in [0.1, 0.15) is 5.82 Å². The quantitative estimate of drug-likeness (QED) is 0.898. The molecule has 1 heterocycles. The third-order valence-electron chi connectivity index (χ3n) is 2.29. The van der Waals surface area contributed by atoms with Gasteiger partial charge in [0.2, 0.25) is 0 Å². The standard InChI is InChI=1S/C11H10F3N3O/c1-17-10(7-2-4-8(18)5-3-7)15-9(16-17)6-11(12,13)14/h2-5,18H,6H2,1H3. The maximum Gasteiger partial charge on any atom is 0.396 e. The molecule has 96 valence electrons. The van der Waals surface area contributed by atoms with E-state index in [1.165, 1.54) is 23.9 Å². The molecule has 4 nitrogen and oxygen atoms in total. The number of benzene rings is 1. The van der Waals surface area contributed by atoms with Gasteiger partial charge in [0.25, 0.3) is 0 Å². The van der Waals surface area contributed by atoms with E-state index in [0.717, 1.165) is 0 Å². The molecule has 0 amide bonds. The number of phenols is 1. The molecule has 0 unspecified atom stereocenters. The average molecular weight is 257 g/mol. The first-order chi connectivity index (χ1) is 8.35. The lowest BCUT2D eigenvalue weighted by atomic mass is 10.2. The van der Waals surface area contributed by atoms with Gasteiger partial charge in [0.05, 0.1) is 0 Å². The zero-order valence-corrected chi connectivity index (χ0v) is 9.44. The number of phenolic OH excluding ortho intramolecular Hbond substituents is 1. The summed E-state index contributed by atoms with van der Waals surface area (Å²) in [7, 11) is 1.52. The van der Waals surface area contributed by atoms with Crippen molar-refractivity contribution in [2.75, 3.05) is 0 Å². The number of rotatable bonds is 2. The summed E-state index contributed by atoms with van der Waals surface area (Å²) in [4.78, 5) is 3.85. The van der Waals surface area contributed by atoms with Crippen molar-refractivity contribution in [2.24, 2.45) is 7.05 Å². The minimum atomic E-state index is -4.33. The Balaban J connectivity index is 2.32. The summed E-state index contributed by atoms with van der Waals surface area (Å²) in [6, 6.07) is 6.01. The Hall–Kier alpha value is -2.05. The molecule has 0 aliphatic heterocycles. The maximum atomic E-state index is 12.2. The normalized spacial score (nSPS) is 11.8. The first-order valence-electron chi connectivity index (χ1n) is 5.11. The van der Waals surface area contributed by atoms with Gasteiger partial charge in [0.15, 0.2) is 11.6 Å². The lowest BCUT2D eigenvalue weighted by Crippen LogP contribution is -2.12. The van der Waals surface area contributed by atoms with E-state index in [0.29, 0.717) is 11.4 Å². The number of hydrogen-bond acceptors (Lipinski definition) is 3. The molecule has 0 aliphatic rings. The fourth-order valence-corrected chi connectivity index (χ4v) is 1.55. The Morgan fingerprint density at radius 2 is 1.83 bits per heavy atom. The molecule has 0 saturated heterocycles. The first kappa shape index (κ1) is 12.4. The molecule has 1 N–H and O–H groups in total. The van der Waals surface area contributed by atoms with Crippen molar-refractivity contribution in [3.8, 4) is 17.1 Å². The van der Waals surface area contributed by atoms with Gasteiger partial charge in [-0.3, -0.25) is 0 Å². The molecular formula is C11H10F3N3O. The first-order valence-corrected chi connectivity index (χ1v) is 5.11. The second-order valence-electron chi connectivity index (χ2n) is 3.81. The molecule has 0 saturated carbocycles. The predicted octanol–water partition coefficient (Wildman–Crippen LogP) is 2.29. The van der Waals surface area contributed by atoms with Crippen LogP contribution in [0.25, 0.3) is 11.4 Å². The van der Waals surface area contributed by atoms with E-state index < -0.39 is 12.6 Å². The molecule has 0 bridgehead atoms. The minimum Gasteiger partial charge on any atom is -0.508 e. The van der Waals surface area contributed by atoms with Gasteiger partial charge in [-0.2, -0.15) is 18.3 Å².